The van der Waals surface area contributed by atoms with Gasteiger partial charge in [-0.15, -0.1) is 0 Å². The van der Waals surface area contributed by atoms with E-state index in [1.807, 2.05) is 50.2 Å². The van der Waals surface area contributed by atoms with E-state index in [4.69, 9.17) is 4.74 Å². The van der Waals surface area contributed by atoms with Crippen molar-refractivity contribution in [3.05, 3.63) is 53.1 Å². The summed E-state index contributed by atoms with van der Waals surface area (Å²) in [6.07, 6.45) is 0. The Hall–Kier alpha value is -2.82. The van der Waals surface area contributed by atoms with Gasteiger partial charge in [-0.2, -0.15) is 0 Å². The number of amides is 2. The minimum atomic E-state index is -0.232. The van der Waals surface area contributed by atoms with Crippen LogP contribution in [0.25, 0.3) is 0 Å². The molecule has 0 saturated heterocycles. The first-order valence-corrected chi connectivity index (χ1v) is 9.10. The van der Waals surface area contributed by atoms with Crippen LogP contribution in [0.3, 0.4) is 0 Å². The molecule has 2 aromatic carbocycles. The molecular weight excluding hydrogens is 340 g/mol. The molecular formula is C22H26N2O3. The van der Waals surface area contributed by atoms with E-state index in [0.717, 1.165) is 22.4 Å². The summed E-state index contributed by atoms with van der Waals surface area (Å²) in [7, 11) is 0. The molecule has 0 spiro atoms. The molecule has 0 unspecified atom stereocenters. The summed E-state index contributed by atoms with van der Waals surface area (Å²) >= 11 is 0. The van der Waals surface area contributed by atoms with E-state index in [9.17, 15) is 9.59 Å². The molecule has 0 fully saturated rings. The Morgan fingerprint density at radius 2 is 1.93 bits per heavy atom. The summed E-state index contributed by atoms with van der Waals surface area (Å²) in [5.41, 5.74) is 4.63. The Bertz CT molecular complexity index is 897. The summed E-state index contributed by atoms with van der Waals surface area (Å²) in [6.45, 7) is 10.2. The van der Waals surface area contributed by atoms with Gasteiger partial charge in [0.2, 0.25) is 5.91 Å². The largest absolute Gasteiger partial charge is 0.482 e. The number of aryl methyl sites for hydroxylation is 1. The summed E-state index contributed by atoms with van der Waals surface area (Å²) in [5.74, 6) is 0.188. The fraction of sp³-hybridized carbons (Fsp3) is 0.364. The standard InChI is InChI=1S/C22H26N2O3/c1-14-7-6-8-17(15(14)2)23-20(25)12-24-18-10-9-16(22(3,4)5)11-19(18)27-13-21(24)26/h6-11H,12-13H2,1-5H3,(H,23,25). The molecule has 5 heteroatoms. The number of carbonyl (C=O) groups excluding carboxylic acids is 2. The van der Waals surface area contributed by atoms with Gasteiger partial charge in [0, 0.05) is 5.69 Å². The van der Waals surface area contributed by atoms with Gasteiger partial charge in [0.1, 0.15) is 12.3 Å². The molecule has 0 aliphatic carbocycles. The lowest BCUT2D eigenvalue weighted by Crippen LogP contribution is -2.43. The first-order chi connectivity index (χ1) is 12.7. The maximum absolute atomic E-state index is 12.6. The van der Waals surface area contributed by atoms with Gasteiger partial charge in [0.25, 0.3) is 5.91 Å². The number of anilines is 2. The molecule has 27 heavy (non-hydrogen) atoms. The fourth-order valence-electron chi connectivity index (χ4n) is 3.06. The summed E-state index contributed by atoms with van der Waals surface area (Å²) in [6, 6.07) is 11.6. The number of carbonyl (C=O) groups is 2. The number of nitrogens with zero attached hydrogens (tertiary/aromatic N) is 1. The van der Waals surface area contributed by atoms with Gasteiger partial charge in [0.05, 0.1) is 5.69 Å². The van der Waals surface area contributed by atoms with Crippen LogP contribution in [-0.2, 0) is 15.0 Å². The third-order valence-electron chi connectivity index (χ3n) is 4.95. The van der Waals surface area contributed by atoms with Gasteiger partial charge in [-0.1, -0.05) is 39.0 Å². The number of rotatable bonds is 3. The number of ether oxygens (including phenoxy) is 1. The van der Waals surface area contributed by atoms with Crippen LogP contribution in [0.15, 0.2) is 36.4 Å². The lowest BCUT2D eigenvalue weighted by Gasteiger charge is -2.30. The normalized spacial score (nSPS) is 13.8. The topological polar surface area (TPSA) is 58.6 Å². The van der Waals surface area contributed by atoms with Gasteiger partial charge in [-0.25, -0.2) is 0 Å². The lowest BCUT2D eigenvalue weighted by atomic mass is 9.86. The molecule has 142 valence electrons. The van der Waals surface area contributed by atoms with Crippen LogP contribution in [-0.4, -0.2) is 25.0 Å². The van der Waals surface area contributed by atoms with Gasteiger partial charge in [0.15, 0.2) is 6.61 Å². The summed E-state index contributed by atoms with van der Waals surface area (Å²) in [5, 5.41) is 2.91. The van der Waals surface area contributed by atoms with E-state index in [0.29, 0.717) is 11.4 Å². The van der Waals surface area contributed by atoms with Crippen molar-refractivity contribution in [3.8, 4) is 5.75 Å². The zero-order valence-electron chi connectivity index (χ0n) is 16.6. The Morgan fingerprint density at radius 3 is 2.63 bits per heavy atom. The van der Waals surface area contributed by atoms with Crippen molar-refractivity contribution in [2.24, 2.45) is 0 Å². The number of fused-ring (bicyclic) bond motifs is 1. The smallest absolute Gasteiger partial charge is 0.265 e. The molecule has 0 aromatic heterocycles. The molecule has 2 amide bonds. The van der Waals surface area contributed by atoms with E-state index in [1.165, 1.54) is 4.90 Å². The van der Waals surface area contributed by atoms with Crippen molar-refractivity contribution in [1.29, 1.82) is 0 Å². The zero-order valence-corrected chi connectivity index (χ0v) is 16.6. The van der Waals surface area contributed by atoms with Crippen LogP contribution in [0.1, 0.15) is 37.5 Å². The van der Waals surface area contributed by atoms with Gasteiger partial charge < -0.3 is 10.1 Å². The minimum absolute atomic E-state index is 0.0231. The third kappa shape index (κ3) is 3.97. The predicted octanol–water partition coefficient (Wildman–Crippen LogP) is 3.97. The second kappa shape index (κ2) is 7.06. The van der Waals surface area contributed by atoms with Gasteiger partial charge >= 0.3 is 0 Å². The van der Waals surface area contributed by atoms with Crippen molar-refractivity contribution >= 4 is 23.2 Å². The maximum atomic E-state index is 12.6. The van der Waals surface area contributed by atoms with Gasteiger partial charge in [-0.05, 0) is 54.2 Å². The highest BCUT2D eigenvalue weighted by Gasteiger charge is 2.28. The molecule has 0 radical (unpaired) electrons. The fourth-order valence-corrected chi connectivity index (χ4v) is 3.06. The van der Waals surface area contributed by atoms with Crippen LogP contribution in [0.2, 0.25) is 0 Å². The Morgan fingerprint density at radius 1 is 1.19 bits per heavy atom. The number of benzene rings is 2. The quantitative estimate of drug-likeness (QED) is 0.894. The number of hydrogen-bond acceptors (Lipinski definition) is 3. The van der Waals surface area contributed by atoms with E-state index in [2.05, 4.69) is 26.1 Å². The average molecular weight is 366 g/mol. The number of hydrogen-bond donors (Lipinski definition) is 1. The highest BCUT2D eigenvalue weighted by molar-refractivity contribution is 6.05. The second-order valence-electron chi connectivity index (χ2n) is 8.00. The average Bonchev–Trinajstić information content (AvgIpc) is 2.60. The van der Waals surface area contributed by atoms with E-state index >= 15 is 0 Å². The molecule has 5 nitrogen and oxygen atoms in total. The van der Waals surface area contributed by atoms with E-state index < -0.39 is 0 Å². The summed E-state index contributed by atoms with van der Waals surface area (Å²) < 4.78 is 5.61. The SMILES string of the molecule is Cc1cccc(NC(=O)CN2C(=O)COc3cc(C(C)(C)C)ccc32)c1C. The first-order valence-electron chi connectivity index (χ1n) is 9.10. The molecule has 0 saturated carbocycles. The molecule has 0 bridgehead atoms. The molecule has 1 aliphatic rings. The molecule has 3 rings (SSSR count). The third-order valence-corrected chi connectivity index (χ3v) is 4.95. The van der Waals surface area contributed by atoms with Crippen LogP contribution >= 0.6 is 0 Å². The van der Waals surface area contributed by atoms with Crippen molar-refractivity contribution in [3.63, 3.8) is 0 Å². The van der Waals surface area contributed by atoms with Crippen LogP contribution in [0.5, 0.6) is 5.75 Å². The van der Waals surface area contributed by atoms with Crippen LogP contribution in [0, 0.1) is 13.8 Å². The van der Waals surface area contributed by atoms with Crippen molar-refractivity contribution in [2.75, 3.05) is 23.4 Å². The molecule has 2 aromatic rings. The molecule has 1 aliphatic heterocycles. The van der Waals surface area contributed by atoms with Crippen molar-refractivity contribution in [2.45, 2.75) is 40.0 Å². The number of nitrogens with one attached hydrogen (secondary N) is 1. The molecule has 0 atom stereocenters. The van der Waals surface area contributed by atoms with Crippen molar-refractivity contribution in [1.82, 2.24) is 0 Å². The Balaban J connectivity index is 1.82. The second-order valence-corrected chi connectivity index (χ2v) is 8.00. The van der Waals surface area contributed by atoms with E-state index in [-0.39, 0.29) is 30.4 Å². The van der Waals surface area contributed by atoms with E-state index in [1.54, 1.807) is 0 Å². The maximum Gasteiger partial charge on any atom is 0.265 e. The molecule has 1 heterocycles. The molecule has 1 N–H and O–H groups in total. The highest BCUT2D eigenvalue weighted by atomic mass is 16.5. The predicted molar refractivity (Wildman–Crippen MR) is 108 cm³/mol. The van der Waals surface area contributed by atoms with Crippen LogP contribution in [0.4, 0.5) is 11.4 Å². The first kappa shape index (κ1) is 19.0. The monoisotopic (exact) mass is 366 g/mol. The lowest BCUT2D eigenvalue weighted by molar-refractivity contribution is -0.123. The summed E-state index contributed by atoms with van der Waals surface area (Å²) in [4.78, 5) is 26.4. The minimum Gasteiger partial charge on any atom is -0.482 e. The zero-order chi connectivity index (χ0) is 19.8. The highest BCUT2D eigenvalue weighted by Crippen LogP contribution is 2.36. The van der Waals surface area contributed by atoms with Gasteiger partial charge in [-0.3, -0.25) is 14.5 Å². The van der Waals surface area contributed by atoms with Crippen LogP contribution < -0.4 is 15.0 Å². The Kier molecular flexibility index (Phi) is 4.96. The van der Waals surface area contributed by atoms with Crippen molar-refractivity contribution < 1.29 is 14.3 Å². The Labute approximate surface area is 160 Å².